The number of aryl methyl sites for hydroxylation is 1. The van der Waals surface area contributed by atoms with E-state index in [2.05, 4.69) is 20.5 Å². The minimum atomic E-state index is -0.420. The lowest BCUT2D eigenvalue weighted by atomic mass is 10.1. The molecule has 0 fully saturated rings. The summed E-state index contributed by atoms with van der Waals surface area (Å²) in [4.78, 5) is 16.7. The lowest BCUT2D eigenvalue weighted by Crippen LogP contribution is -2.15. The van der Waals surface area contributed by atoms with E-state index < -0.39 is 5.91 Å². The molecule has 2 aromatic heterocycles. The van der Waals surface area contributed by atoms with Gasteiger partial charge in [-0.15, -0.1) is 5.10 Å². The lowest BCUT2D eigenvalue weighted by Gasteiger charge is -2.13. The van der Waals surface area contributed by atoms with Crippen LogP contribution >= 0.6 is 0 Å². The summed E-state index contributed by atoms with van der Waals surface area (Å²) in [5.41, 5.74) is 2.49. The maximum atomic E-state index is 12.6. The Hall–Kier alpha value is -4.34. The van der Waals surface area contributed by atoms with E-state index in [1.807, 2.05) is 31.2 Å². The van der Waals surface area contributed by atoms with Crippen molar-refractivity contribution in [3.8, 4) is 17.2 Å². The maximum Gasteiger partial charge on any atom is 0.278 e. The van der Waals surface area contributed by atoms with Crippen LogP contribution < -0.4 is 19.5 Å². The monoisotopic (exact) mass is 448 g/mol. The van der Waals surface area contributed by atoms with Crippen molar-refractivity contribution < 1.29 is 19.0 Å². The molecule has 4 rings (SSSR count). The van der Waals surface area contributed by atoms with Gasteiger partial charge in [0.25, 0.3) is 5.91 Å². The molecule has 1 N–H and O–H groups in total. The van der Waals surface area contributed by atoms with Gasteiger partial charge in [0.15, 0.2) is 23.9 Å². The van der Waals surface area contributed by atoms with E-state index in [1.54, 1.807) is 55.7 Å². The fourth-order valence-electron chi connectivity index (χ4n) is 3.12. The first-order valence-electron chi connectivity index (χ1n) is 10.2. The number of carbonyl (C=O) groups excluding carboxylic acids is 1. The van der Waals surface area contributed by atoms with Crippen LogP contribution in [0.1, 0.15) is 21.6 Å². The maximum absolute atomic E-state index is 12.6. The van der Waals surface area contributed by atoms with Gasteiger partial charge in [-0.25, -0.2) is 14.3 Å². The van der Waals surface area contributed by atoms with Gasteiger partial charge in [-0.05, 0) is 30.7 Å². The van der Waals surface area contributed by atoms with Crippen LogP contribution in [0.5, 0.6) is 17.2 Å². The molecule has 0 saturated heterocycles. The molecule has 0 saturated carbocycles. The molecule has 0 bridgehead atoms. The summed E-state index contributed by atoms with van der Waals surface area (Å²) < 4.78 is 19.6. The molecule has 2 heterocycles. The summed E-state index contributed by atoms with van der Waals surface area (Å²) in [5.74, 6) is 1.30. The number of methoxy groups -OCH3 is 2. The molecular formula is C23H24N6O4. The number of amides is 1. The van der Waals surface area contributed by atoms with Crippen molar-refractivity contribution in [1.82, 2.24) is 24.5 Å². The first kappa shape index (κ1) is 21.9. The standard InChI is InChI=1S/C23H24N6O4/c1-16-7-9-17(10-8-16)13-29-14-24-23(27-29)25-22(30)18-11-12-28(26-18)15-33-21-19(31-2)5-4-6-20(21)32-3/h4-12,14H,13,15H2,1-3H3,(H,25,27,30). The number of rotatable bonds is 9. The molecule has 33 heavy (non-hydrogen) atoms. The molecular weight excluding hydrogens is 424 g/mol. The second-order valence-electron chi connectivity index (χ2n) is 7.21. The Morgan fingerprint density at radius 2 is 1.70 bits per heavy atom. The van der Waals surface area contributed by atoms with Crippen LogP contribution in [0.3, 0.4) is 0 Å². The largest absolute Gasteiger partial charge is 0.493 e. The number of nitrogens with one attached hydrogen (secondary N) is 1. The SMILES string of the molecule is COc1cccc(OC)c1OCn1ccc(C(=O)Nc2ncn(Cc3ccc(C)cc3)n2)n1. The predicted molar refractivity (Wildman–Crippen MR) is 121 cm³/mol. The van der Waals surface area contributed by atoms with Crippen LogP contribution in [0.4, 0.5) is 5.95 Å². The molecule has 0 aliphatic rings. The van der Waals surface area contributed by atoms with E-state index in [0.29, 0.717) is 23.8 Å². The summed E-state index contributed by atoms with van der Waals surface area (Å²) >= 11 is 0. The Morgan fingerprint density at radius 3 is 2.39 bits per heavy atom. The van der Waals surface area contributed by atoms with Crippen molar-refractivity contribution in [2.45, 2.75) is 20.2 Å². The van der Waals surface area contributed by atoms with Gasteiger partial charge in [-0.2, -0.15) is 5.10 Å². The average Bonchev–Trinajstić information content (AvgIpc) is 3.48. The van der Waals surface area contributed by atoms with E-state index in [9.17, 15) is 4.79 Å². The van der Waals surface area contributed by atoms with Crippen LogP contribution in [0.25, 0.3) is 0 Å². The Bertz CT molecular complexity index is 1210. The van der Waals surface area contributed by atoms with E-state index >= 15 is 0 Å². The second kappa shape index (κ2) is 9.86. The number of nitrogens with zero attached hydrogens (tertiary/aromatic N) is 5. The topological polar surface area (TPSA) is 105 Å². The molecule has 0 unspecified atom stereocenters. The van der Waals surface area contributed by atoms with E-state index in [-0.39, 0.29) is 18.4 Å². The Balaban J connectivity index is 1.36. The number of hydrogen-bond donors (Lipinski definition) is 1. The zero-order valence-electron chi connectivity index (χ0n) is 18.6. The van der Waals surface area contributed by atoms with E-state index in [0.717, 1.165) is 5.56 Å². The van der Waals surface area contributed by atoms with Gasteiger partial charge >= 0.3 is 0 Å². The van der Waals surface area contributed by atoms with Gasteiger partial charge in [0.1, 0.15) is 6.33 Å². The van der Waals surface area contributed by atoms with Crippen LogP contribution in [-0.4, -0.2) is 44.7 Å². The van der Waals surface area contributed by atoms with Crippen molar-refractivity contribution >= 4 is 11.9 Å². The van der Waals surface area contributed by atoms with Gasteiger partial charge < -0.3 is 14.2 Å². The van der Waals surface area contributed by atoms with Crippen molar-refractivity contribution in [1.29, 1.82) is 0 Å². The second-order valence-corrected chi connectivity index (χ2v) is 7.21. The number of para-hydroxylation sites is 1. The molecule has 0 radical (unpaired) electrons. The molecule has 4 aromatic rings. The highest BCUT2D eigenvalue weighted by Gasteiger charge is 2.15. The summed E-state index contributed by atoms with van der Waals surface area (Å²) in [7, 11) is 3.10. The van der Waals surface area contributed by atoms with Crippen LogP contribution in [-0.2, 0) is 13.3 Å². The molecule has 0 spiro atoms. The zero-order valence-corrected chi connectivity index (χ0v) is 18.6. The Kier molecular flexibility index (Phi) is 6.53. The van der Waals surface area contributed by atoms with Crippen molar-refractivity contribution in [2.75, 3.05) is 19.5 Å². The quantitative estimate of drug-likeness (QED) is 0.419. The highest BCUT2D eigenvalue weighted by atomic mass is 16.5. The number of anilines is 1. The molecule has 10 nitrogen and oxygen atoms in total. The van der Waals surface area contributed by atoms with Gasteiger partial charge in [-0.3, -0.25) is 10.1 Å². The van der Waals surface area contributed by atoms with Crippen molar-refractivity contribution in [2.24, 2.45) is 0 Å². The number of aromatic nitrogens is 5. The first-order valence-corrected chi connectivity index (χ1v) is 10.2. The molecule has 0 aliphatic carbocycles. The van der Waals surface area contributed by atoms with Gasteiger partial charge in [0, 0.05) is 6.20 Å². The zero-order chi connectivity index (χ0) is 23.2. The number of benzene rings is 2. The van der Waals surface area contributed by atoms with Crippen LogP contribution in [0.2, 0.25) is 0 Å². The number of ether oxygens (including phenoxy) is 3. The third-order valence-electron chi connectivity index (χ3n) is 4.82. The Morgan fingerprint density at radius 1 is 0.970 bits per heavy atom. The minimum Gasteiger partial charge on any atom is -0.493 e. The molecule has 0 atom stereocenters. The third-order valence-corrected chi connectivity index (χ3v) is 4.82. The fraction of sp³-hybridized carbons (Fsp3) is 0.217. The van der Waals surface area contributed by atoms with Crippen molar-refractivity contribution in [3.63, 3.8) is 0 Å². The van der Waals surface area contributed by atoms with Gasteiger partial charge in [0.2, 0.25) is 11.7 Å². The van der Waals surface area contributed by atoms with Gasteiger partial charge in [0.05, 0.1) is 20.8 Å². The molecule has 10 heteroatoms. The molecule has 1 amide bonds. The smallest absolute Gasteiger partial charge is 0.278 e. The highest BCUT2D eigenvalue weighted by Crippen LogP contribution is 2.36. The molecule has 170 valence electrons. The minimum absolute atomic E-state index is 0.0629. The third kappa shape index (κ3) is 5.29. The molecule has 2 aromatic carbocycles. The van der Waals surface area contributed by atoms with E-state index in [4.69, 9.17) is 14.2 Å². The van der Waals surface area contributed by atoms with E-state index in [1.165, 1.54) is 10.2 Å². The predicted octanol–water partition coefficient (Wildman–Crippen LogP) is 3.14. The fourth-order valence-corrected chi connectivity index (χ4v) is 3.12. The highest BCUT2D eigenvalue weighted by molar-refractivity contribution is 6.01. The summed E-state index contributed by atoms with van der Waals surface area (Å²) in [6.07, 6.45) is 3.21. The summed E-state index contributed by atoms with van der Waals surface area (Å²) in [6, 6.07) is 15.1. The number of hydrogen-bond acceptors (Lipinski definition) is 7. The number of carbonyl (C=O) groups is 1. The average molecular weight is 448 g/mol. The molecule has 0 aliphatic heterocycles. The summed E-state index contributed by atoms with van der Waals surface area (Å²) in [5, 5.41) is 11.2. The lowest BCUT2D eigenvalue weighted by molar-refractivity contribution is 0.101. The van der Waals surface area contributed by atoms with Crippen LogP contribution in [0.15, 0.2) is 61.1 Å². The first-order chi connectivity index (χ1) is 16.1. The Labute approximate surface area is 190 Å². The van der Waals surface area contributed by atoms with Crippen molar-refractivity contribution in [3.05, 3.63) is 77.9 Å². The van der Waals surface area contributed by atoms with Gasteiger partial charge in [-0.1, -0.05) is 35.9 Å². The summed E-state index contributed by atoms with van der Waals surface area (Å²) in [6.45, 7) is 2.66. The normalized spacial score (nSPS) is 10.6. The van der Waals surface area contributed by atoms with Crippen LogP contribution in [0, 0.1) is 6.92 Å².